The Labute approximate surface area is 241 Å². The molecular formula is C32H49CoNO2S. The number of unbranched alkanes of at least 4 members (excludes halogenated alkanes) is 5. The Hall–Kier alpha value is -1.30. The molecule has 2 aromatic rings. The monoisotopic (exact) mass is 570 g/mol. The third kappa shape index (κ3) is 9.74. The standard InChI is InChI=1S/C32H51NO2S.Co/c1-8-11-14-20-31(4,5)24-16-18-26(34)28(23-24)36-30-27(35)19-17-25(29(30)33-22-13-10-3)32(6,7)21-15-12-9-2;/h16-19,23,33-35H,8-15,20-22H2,1-7H3;/q;+2/p-2. The summed E-state index contributed by atoms with van der Waals surface area (Å²) in [6.07, 6.45) is 11.4. The maximum Gasteiger partial charge on any atom is 2.00 e. The fourth-order valence-electron chi connectivity index (χ4n) is 4.83. The van der Waals surface area contributed by atoms with Crippen LogP contribution >= 0.6 is 11.8 Å². The molecule has 5 heteroatoms. The van der Waals surface area contributed by atoms with E-state index in [0.717, 1.165) is 37.9 Å². The molecule has 1 N–H and O–H groups in total. The molecule has 0 unspecified atom stereocenters. The third-order valence-electron chi connectivity index (χ3n) is 7.43. The molecule has 0 bridgehead atoms. The number of benzene rings is 2. The molecule has 2 aromatic carbocycles. The van der Waals surface area contributed by atoms with Crippen LogP contribution in [0, 0.1) is 0 Å². The average Bonchev–Trinajstić information content (AvgIpc) is 2.82. The summed E-state index contributed by atoms with van der Waals surface area (Å²) in [5.74, 6) is -0.0289. The maximum atomic E-state index is 13.2. The van der Waals surface area contributed by atoms with Gasteiger partial charge in [0, 0.05) is 16.3 Å². The molecule has 37 heavy (non-hydrogen) atoms. The number of hydrogen-bond acceptors (Lipinski definition) is 4. The first-order chi connectivity index (χ1) is 17.1. The summed E-state index contributed by atoms with van der Waals surface area (Å²) >= 11 is 1.36. The molecule has 0 aromatic heterocycles. The van der Waals surface area contributed by atoms with E-state index in [0.29, 0.717) is 9.79 Å². The molecular weight excluding hydrogens is 521 g/mol. The molecule has 0 saturated heterocycles. The van der Waals surface area contributed by atoms with Crippen LogP contribution in [0.2, 0.25) is 0 Å². The fourth-order valence-corrected chi connectivity index (χ4v) is 5.85. The van der Waals surface area contributed by atoms with Crippen LogP contribution in [-0.4, -0.2) is 6.54 Å². The number of hydrogen-bond donors (Lipinski definition) is 1. The summed E-state index contributed by atoms with van der Waals surface area (Å²) in [6.45, 7) is 16.5. The summed E-state index contributed by atoms with van der Waals surface area (Å²) in [6, 6.07) is 9.41. The SMILES string of the molecule is CCCCCC(C)(C)c1ccc([O-])c(Sc2c([O-])ccc(C(C)(C)CCCCC)c2NCCCC)c1.[Co+2]. The van der Waals surface area contributed by atoms with Gasteiger partial charge in [-0.3, -0.25) is 0 Å². The van der Waals surface area contributed by atoms with E-state index in [-0.39, 0.29) is 39.1 Å². The normalized spacial score (nSPS) is 11.9. The van der Waals surface area contributed by atoms with Crippen LogP contribution in [-0.2, 0) is 27.6 Å². The van der Waals surface area contributed by atoms with Gasteiger partial charge in [0.25, 0.3) is 0 Å². The maximum absolute atomic E-state index is 13.2. The van der Waals surface area contributed by atoms with E-state index in [1.165, 1.54) is 61.4 Å². The molecule has 0 aliphatic heterocycles. The van der Waals surface area contributed by atoms with Gasteiger partial charge in [0.2, 0.25) is 0 Å². The summed E-state index contributed by atoms with van der Waals surface area (Å²) < 4.78 is 0. The summed E-state index contributed by atoms with van der Waals surface area (Å²) in [5.41, 5.74) is 3.21. The molecule has 0 aliphatic rings. The van der Waals surface area contributed by atoms with Crippen LogP contribution < -0.4 is 15.5 Å². The second-order valence-electron chi connectivity index (χ2n) is 11.5. The van der Waals surface area contributed by atoms with Crippen LogP contribution in [0.15, 0.2) is 40.1 Å². The van der Waals surface area contributed by atoms with Crippen molar-refractivity contribution in [3.8, 4) is 11.5 Å². The van der Waals surface area contributed by atoms with Gasteiger partial charge in [-0.15, -0.1) is 0 Å². The van der Waals surface area contributed by atoms with Crippen molar-refractivity contribution in [3.05, 3.63) is 41.5 Å². The van der Waals surface area contributed by atoms with Gasteiger partial charge in [0.15, 0.2) is 0 Å². The van der Waals surface area contributed by atoms with Gasteiger partial charge in [-0.1, -0.05) is 141 Å². The quantitative estimate of drug-likeness (QED) is 0.205. The predicted octanol–water partition coefficient (Wildman–Crippen LogP) is 8.91. The molecule has 0 heterocycles. The van der Waals surface area contributed by atoms with Crippen molar-refractivity contribution in [3.63, 3.8) is 0 Å². The first-order valence-electron chi connectivity index (χ1n) is 14.1. The Balaban J connectivity index is 0.00000684. The second-order valence-corrected chi connectivity index (χ2v) is 12.6. The minimum Gasteiger partial charge on any atom is -0.872 e. The number of anilines is 1. The Kier molecular flexibility index (Phi) is 14.5. The first kappa shape index (κ1) is 33.7. The van der Waals surface area contributed by atoms with Crippen molar-refractivity contribution in [2.24, 2.45) is 0 Å². The molecule has 0 spiro atoms. The Morgan fingerprint density at radius 2 is 1.30 bits per heavy atom. The zero-order valence-corrected chi connectivity index (χ0v) is 26.1. The minimum atomic E-state index is -0.0594. The average molecular weight is 571 g/mol. The van der Waals surface area contributed by atoms with Crippen molar-refractivity contribution in [1.82, 2.24) is 0 Å². The Morgan fingerprint density at radius 3 is 1.89 bits per heavy atom. The van der Waals surface area contributed by atoms with Crippen LogP contribution in [0.3, 0.4) is 0 Å². The molecule has 1 radical (unpaired) electrons. The van der Waals surface area contributed by atoms with Gasteiger partial charge in [-0.25, -0.2) is 0 Å². The van der Waals surface area contributed by atoms with E-state index in [9.17, 15) is 10.2 Å². The summed E-state index contributed by atoms with van der Waals surface area (Å²) in [4.78, 5) is 1.30. The molecule has 209 valence electrons. The van der Waals surface area contributed by atoms with Gasteiger partial charge >= 0.3 is 16.8 Å². The van der Waals surface area contributed by atoms with Gasteiger partial charge in [0.05, 0.1) is 5.69 Å². The van der Waals surface area contributed by atoms with Crippen molar-refractivity contribution < 1.29 is 27.0 Å². The van der Waals surface area contributed by atoms with Crippen LogP contribution in [0.4, 0.5) is 5.69 Å². The van der Waals surface area contributed by atoms with E-state index in [1.807, 2.05) is 18.2 Å². The zero-order valence-electron chi connectivity index (χ0n) is 24.2. The molecule has 3 nitrogen and oxygen atoms in total. The van der Waals surface area contributed by atoms with Crippen molar-refractivity contribution in [2.75, 3.05) is 11.9 Å². The minimum absolute atomic E-state index is 0. The topological polar surface area (TPSA) is 58.1 Å². The van der Waals surface area contributed by atoms with E-state index in [2.05, 4.69) is 53.8 Å². The molecule has 0 saturated carbocycles. The molecule has 2 rings (SSSR count). The summed E-state index contributed by atoms with van der Waals surface area (Å²) in [5, 5.41) is 29.8. The van der Waals surface area contributed by atoms with Crippen molar-refractivity contribution in [1.29, 1.82) is 0 Å². The second kappa shape index (κ2) is 16.0. The smallest absolute Gasteiger partial charge is 0.872 e. The molecule has 0 atom stereocenters. The van der Waals surface area contributed by atoms with Crippen LogP contribution in [0.25, 0.3) is 0 Å². The van der Waals surface area contributed by atoms with Gasteiger partial charge in [0.1, 0.15) is 0 Å². The van der Waals surface area contributed by atoms with Crippen LogP contribution in [0.1, 0.15) is 124 Å². The van der Waals surface area contributed by atoms with E-state index in [1.54, 1.807) is 12.1 Å². The van der Waals surface area contributed by atoms with E-state index >= 15 is 0 Å². The zero-order chi connectivity index (χ0) is 26.8. The summed E-state index contributed by atoms with van der Waals surface area (Å²) in [7, 11) is 0. The Bertz CT molecular complexity index is 958. The van der Waals surface area contributed by atoms with Gasteiger partial charge < -0.3 is 15.5 Å². The van der Waals surface area contributed by atoms with Crippen molar-refractivity contribution in [2.45, 2.75) is 133 Å². The predicted molar refractivity (Wildman–Crippen MR) is 154 cm³/mol. The number of nitrogens with one attached hydrogen (secondary N) is 1. The number of rotatable bonds is 16. The fraction of sp³-hybridized carbons (Fsp3) is 0.625. The molecule has 0 aliphatic carbocycles. The van der Waals surface area contributed by atoms with E-state index < -0.39 is 0 Å². The first-order valence-corrected chi connectivity index (χ1v) is 15.0. The largest absolute Gasteiger partial charge is 2.00 e. The van der Waals surface area contributed by atoms with Gasteiger partial charge in [-0.2, -0.15) is 0 Å². The van der Waals surface area contributed by atoms with Crippen LogP contribution in [0.5, 0.6) is 11.5 Å². The Morgan fingerprint density at radius 1 is 0.730 bits per heavy atom. The third-order valence-corrected chi connectivity index (χ3v) is 8.58. The van der Waals surface area contributed by atoms with Gasteiger partial charge in [-0.05, 0) is 47.3 Å². The van der Waals surface area contributed by atoms with Crippen molar-refractivity contribution >= 4 is 17.4 Å². The molecule has 0 fully saturated rings. The molecule has 0 amide bonds. The van der Waals surface area contributed by atoms with E-state index in [4.69, 9.17) is 0 Å².